The van der Waals surface area contributed by atoms with Crippen molar-refractivity contribution in [3.63, 3.8) is 0 Å². The molecular formula is C17H26F2IN5. The van der Waals surface area contributed by atoms with E-state index in [9.17, 15) is 8.78 Å². The van der Waals surface area contributed by atoms with E-state index in [1.165, 1.54) is 12.1 Å². The lowest BCUT2D eigenvalue weighted by molar-refractivity contribution is 0.0154. The standard InChI is InChI=1S/C17H25F2N5.HI/c1-12(15-4-3-13(18)9-16(15)19)22-17(20-2)21-10-14-11-23-5-7-24(14)8-6-23;/h3-4,9,12,14H,5-8,10-11H2,1-2H3,(H2,20,21,22);1H. The van der Waals surface area contributed by atoms with Gasteiger partial charge in [0.2, 0.25) is 0 Å². The Morgan fingerprint density at radius 2 is 2.00 bits per heavy atom. The first-order valence-electron chi connectivity index (χ1n) is 8.45. The fraction of sp³-hybridized carbons (Fsp3) is 0.588. The van der Waals surface area contributed by atoms with Crippen molar-refractivity contribution < 1.29 is 8.78 Å². The van der Waals surface area contributed by atoms with Crippen molar-refractivity contribution in [2.45, 2.75) is 19.0 Å². The molecule has 3 saturated heterocycles. The maximum atomic E-state index is 13.9. The molecule has 0 radical (unpaired) electrons. The summed E-state index contributed by atoms with van der Waals surface area (Å²) in [5, 5.41) is 6.50. The van der Waals surface area contributed by atoms with Gasteiger partial charge in [-0.1, -0.05) is 6.07 Å². The summed E-state index contributed by atoms with van der Waals surface area (Å²) in [7, 11) is 1.69. The average molecular weight is 465 g/mol. The molecule has 8 heteroatoms. The lowest BCUT2D eigenvalue weighted by Gasteiger charge is -2.47. The average Bonchev–Trinajstić information content (AvgIpc) is 2.59. The summed E-state index contributed by atoms with van der Waals surface area (Å²) >= 11 is 0. The van der Waals surface area contributed by atoms with Gasteiger partial charge in [0.05, 0.1) is 6.04 Å². The van der Waals surface area contributed by atoms with E-state index in [2.05, 4.69) is 25.4 Å². The largest absolute Gasteiger partial charge is 0.355 e. The molecular weight excluding hydrogens is 439 g/mol. The molecule has 1 aromatic rings. The smallest absolute Gasteiger partial charge is 0.191 e. The van der Waals surface area contributed by atoms with Crippen molar-refractivity contribution in [3.05, 3.63) is 35.4 Å². The van der Waals surface area contributed by atoms with Crippen LogP contribution in [-0.2, 0) is 0 Å². The summed E-state index contributed by atoms with van der Waals surface area (Å²) in [6.07, 6.45) is 0. The molecule has 2 unspecified atom stereocenters. The van der Waals surface area contributed by atoms with E-state index in [0.717, 1.165) is 45.3 Å². The van der Waals surface area contributed by atoms with E-state index < -0.39 is 11.6 Å². The van der Waals surface area contributed by atoms with Crippen LogP contribution in [0.2, 0.25) is 0 Å². The maximum absolute atomic E-state index is 13.9. The number of fused-ring (bicyclic) bond motifs is 3. The first kappa shape index (κ1) is 20.3. The summed E-state index contributed by atoms with van der Waals surface area (Å²) in [4.78, 5) is 9.20. The first-order chi connectivity index (χ1) is 11.6. The maximum Gasteiger partial charge on any atom is 0.191 e. The van der Waals surface area contributed by atoms with Crippen molar-refractivity contribution in [1.29, 1.82) is 0 Å². The molecule has 5 nitrogen and oxygen atoms in total. The van der Waals surface area contributed by atoms with Gasteiger partial charge in [0.25, 0.3) is 0 Å². The number of piperazine rings is 3. The molecule has 0 aromatic heterocycles. The van der Waals surface area contributed by atoms with Crippen LogP contribution in [0.25, 0.3) is 0 Å². The molecule has 0 saturated carbocycles. The Morgan fingerprint density at radius 3 is 2.56 bits per heavy atom. The van der Waals surface area contributed by atoms with E-state index >= 15 is 0 Å². The molecule has 2 bridgehead atoms. The molecule has 3 aliphatic heterocycles. The fourth-order valence-electron chi connectivity index (χ4n) is 3.46. The molecule has 0 amide bonds. The molecule has 3 fully saturated rings. The number of guanidine groups is 1. The predicted molar refractivity (Wildman–Crippen MR) is 106 cm³/mol. The third kappa shape index (κ3) is 5.01. The highest BCUT2D eigenvalue weighted by Crippen LogP contribution is 2.18. The summed E-state index contributed by atoms with van der Waals surface area (Å²) in [5.74, 6) is -0.486. The van der Waals surface area contributed by atoms with Crippen LogP contribution in [0.5, 0.6) is 0 Å². The summed E-state index contributed by atoms with van der Waals surface area (Å²) in [6.45, 7) is 8.27. The van der Waals surface area contributed by atoms with Gasteiger partial charge in [-0.2, -0.15) is 0 Å². The van der Waals surface area contributed by atoms with E-state index in [1.54, 1.807) is 7.05 Å². The van der Waals surface area contributed by atoms with Gasteiger partial charge in [-0.15, -0.1) is 24.0 Å². The molecule has 140 valence electrons. The molecule has 0 aliphatic carbocycles. The minimum Gasteiger partial charge on any atom is -0.355 e. The van der Waals surface area contributed by atoms with Crippen molar-refractivity contribution in [2.75, 3.05) is 46.3 Å². The Balaban J connectivity index is 0.00000225. The molecule has 25 heavy (non-hydrogen) atoms. The molecule has 3 aliphatic rings. The highest BCUT2D eigenvalue weighted by molar-refractivity contribution is 14.0. The van der Waals surface area contributed by atoms with Crippen molar-refractivity contribution in [3.8, 4) is 0 Å². The Labute approximate surface area is 164 Å². The number of aliphatic imine (C=N–C) groups is 1. The van der Waals surface area contributed by atoms with Gasteiger partial charge in [0.15, 0.2) is 5.96 Å². The predicted octanol–water partition coefficient (Wildman–Crippen LogP) is 1.81. The van der Waals surface area contributed by atoms with Crippen LogP contribution < -0.4 is 10.6 Å². The van der Waals surface area contributed by atoms with Crippen molar-refractivity contribution in [2.24, 2.45) is 4.99 Å². The second-order valence-electron chi connectivity index (χ2n) is 6.48. The van der Waals surface area contributed by atoms with Crippen LogP contribution >= 0.6 is 24.0 Å². The van der Waals surface area contributed by atoms with Gasteiger partial charge in [-0.25, -0.2) is 8.78 Å². The van der Waals surface area contributed by atoms with Crippen molar-refractivity contribution in [1.82, 2.24) is 20.4 Å². The number of hydrogen-bond acceptors (Lipinski definition) is 3. The van der Waals surface area contributed by atoms with Crippen LogP contribution in [0.4, 0.5) is 8.78 Å². The molecule has 4 rings (SSSR count). The van der Waals surface area contributed by atoms with Crippen LogP contribution in [0.1, 0.15) is 18.5 Å². The van der Waals surface area contributed by atoms with Gasteiger partial charge in [-0.05, 0) is 13.0 Å². The Kier molecular flexibility index (Phi) is 7.38. The number of benzene rings is 1. The lowest BCUT2D eigenvalue weighted by Crippen LogP contribution is -2.63. The molecule has 2 atom stereocenters. The Bertz CT molecular complexity index is 605. The number of nitrogens with one attached hydrogen (secondary N) is 2. The minimum absolute atomic E-state index is 0. The minimum atomic E-state index is -0.567. The van der Waals surface area contributed by atoms with Gasteiger partial charge in [0, 0.05) is 64.0 Å². The SMILES string of the molecule is CN=C(NCC1CN2CCN1CC2)NC(C)c1ccc(F)cc1F.I. The normalized spacial score (nSPS) is 26.7. The quantitative estimate of drug-likeness (QED) is 0.405. The highest BCUT2D eigenvalue weighted by atomic mass is 127. The fourth-order valence-corrected chi connectivity index (χ4v) is 3.46. The number of halogens is 3. The second kappa shape index (κ2) is 9.09. The lowest BCUT2D eigenvalue weighted by atomic mass is 10.1. The highest BCUT2D eigenvalue weighted by Gasteiger charge is 2.31. The number of nitrogens with zero attached hydrogens (tertiary/aromatic N) is 3. The molecule has 1 aromatic carbocycles. The topological polar surface area (TPSA) is 42.9 Å². The van der Waals surface area contributed by atoms with Crippen LogP contribution in [-0.4, -0.2) is 68.1 Å². The second-order valence-corrected chi connectivity index (χ2v) is 6.48. The summed E-state index contributed by atoms with van der Waals surface area (Å²) in [6, 6.07) is 3.82. The Morgan fingerprint density at radius 1 is 1.28 bits per heavy atom. The molecule has 0 spiro atoms. The van der Waals surface area contributed by atoms with Crippen LogP contribution in [0, 0.1) is 11.6 Å². The van der Waals surface area contributed by atoms with Gasteiger partial charge in [-0.3, -0.25) is 14.8 Å². The van der Waals surface area contributed by atoms with Gasteiger partial charge < -0.3 is 10.6 Å². The van der Waals surface area contributed by atoms with Crippen LogP contribution in [0.15, 0.2) is 23.2 Å². The van der Waals surface area contributed by atoms with Crippen molar-refractivity contribution >= 4 is 29.9 Å². The zero-order chi connectivity index (χ0) is 17.1. The van der Waals surface area contributed by atoms with Gasteiger partial charge in [0.1, 0.15) is 11.6 Å². The van der Waals surface area contributed by atoms with E-state index in [4.69, 9.17) is 0 Å². The zero-order valence-corrected chi connectivity index (χ0v) is 17.0. The molecule has 3 heterocycles. The number of rotatable bonds is 4. The Hall–Kier alpha value is -1.00. The van der Waals surface area contributed by atoms with Crippen LogP contribution in [0.3, 0.4) is 0 Å². The van der Waals surface area contributed by atoms with E-state index in [0.29, 0.717) is 17.6 Å². The zero-order valence-electron chi connectivity index (χ0n) is 14.6. The molecule has 2 N–H and O–H groups in total. The van der Waals surface area contributed by atoms with E-state index in [-0.39, 0.29) is 30.0 Å². The summed E-state index contributed by atoms with van der Waals surface area (Å²) < 4.78 is 26.9. The monoisotopic (exact) mass is 465 g/mol. The summed E-state index contributed by atoms with van der Waals surface area (Å²) in [5.41, 5.74) is 0.422. The van der Waals surface area contributed by atoms with Gasteiger partial charge >= 0.3 is 0 Å². The third-order valence-corrected chi connectivity index (χ3v) is 4.90. The van der Waals surface area contributed by atoms with E-state index in [1.807, 2.05) is 6.92 Å². The first-order valence-corrected chi connectivity index (χ1v) is 8.45. The number of hydrogen-bond donors (Lipinski definition) is 2. The third-order valence-electron chi connectivity index (χ3n) is 4.90.